The van der Waals surface area contributed by atoms with Crippen LogP contribution in [-0.4, -0.2) is 22.2 Å². The van der Waals surface area contributed by atoms with E-state index < -0.39 is 0 Å². The number of carbonyl (C=O) groups excluding carboxylic acids is 1. The lowest BCUT2D eigenvalue weighted by atomic mass is 10.1. The summed E-state index contributed by atoms with van der Waals surface area (Å²) >= 11 is 1.57. The normalized spacial score (nSPS) is 11.1. The molecule has 0 saturated carbocycles. The third-order valence-electron chi connectivity index (χ3n) is 4.07. The predicted molar refractivity (Wildman–Crippen MR) is 109 cm³/mol. The van der Waals surface area contributed by atoms with Crippen molar-refractivity contribution in [1.82, 2.24) is 15.5 Å². The number of hydrogen-bond donors (Lipinski definition) is 1. The fourth-order valence-corrected chi connectivity index (χ4v) is 3.29. The maximum Gasteiger partial charge on any atom is 0.226 e. The molecule has 3 aromatic rings. The molecule has 2 aromatic heterocycles. The SMILES string of the molecule is CC(C)OCc1cccc(CNC(=O)CCCc2nc(-c3cccs3)no2)c1. The molecule has 1 N–H and O–H groups in total. The highest BCUT2D eigenvalue weighted by Crippen LogP contribution is 2.21. The van der Waals surface area contributed by atoms with Gasteiger partial charge in [-0.1, -0.05) is 35.5 Å². The fraction of sp³-hybridized carbons (Fsp3) is 0.381. The van der Waals surface area contributed by atoms with E-state index in [0.29, 0.717) is 44.1 Å². The van der Waals surface area contributed by atoms with Gasteiger partial charge in [0.1, 0.15) is 0 Å². The van der Waals surface area contributed by atoms with Crippen LogP contribution in [0.25, 0.3) is 10.7 Å². The molecule has 1 aromatic carbocycles. The first-order valence-corrected chi connectivity index (χ1v) is 10.3. The standard InChI is InChI=1S/C21H25N3O3S/c1-15(2)26-14-17-7-3-6-16(12-17)13-22-19(25)9-4-10-20-23-21(24-27-20)18-8-5-11-28-18/h3,5-8,11-12,15H,4,9-10,13-14H2,1-2H3,(H,22,25). The Labute approximate surface area is 168 Å². The Balaban J connectivity index is 1.38. The van der Waals surface area contributed by atoms with Gasteiger partial charge in [-0.15, -0.1) is 11.3 Å². The molecule has 0 aliphatic carbocycles. The van der Waals surface area contributed by atoms with E-state index in [1.165, 1.54) is 0 Å². The lowest BCUT2D eigenvalue weighted by Gasteiger charge is -2.09. The fourth-order valence-electron chi connectivity index (χ4n) is 2.64. The first-order chi connectivity index (χ1) is 13.6. The maximum atomic E-state index is 12.1. The zero-order valence-corrected chi connectivity index (χ0v) is 17.0. The third-order valence-corrected chi connectivity index (χ3v) is 4.93. The summed E-state index contributed by atoms with van der Waals surface area (Å²) in [7, 11) is 0. The van der Waals surface area contributed by atoms with Crippen molar-refractivity contribution < 1.29 is 14.1 Å². The summed E-state index contributed by atoms with van der Waals surface area (Å²) in [5.74, 6) is 1.19. The van der Waals surface area contributed by atoms with Gasteiger partial charge >= 0.3 is 0 Å². The minimum absolute atomic E-state index is 0.0156. The summed E-state index contributed by atoms with van der Waals surface area (Å²) in [6.45, 7) is 5.12. The van der Waals surface area contributed by atoms with Gasteiger partial charge in [0.2, 0.25) is 17.6 Å². The minimum atomic E-state index is 0.0156. The van der Waals surface area contributed by atoms with Crippen molar-refractivity contribution >= 4 is 17.2 Å². The summed E-state index contributed by atoms with van der Waals surface area (Å²) in [5, 5.41) is 8.92. The molecular formula is C21H25N3O3S. The zero-order valence-electron chi connectivity index (χ0n) is 16.2. The Hall–Kier alpha value is -2.51. The van der Waals surface area contributed by atoms with Crippen molar-refractivity contribution in [1.29, 1.82) is 0 Å². The molecule has 0 radical (unpaired) electrons. The number of nitrogens with zero attached hydrogens (tertiary/aromatic N) is 2. The first-order valence-electron chi connectivity index (χ1n) is 9.43. The Bertz CT molecular complexity index is 875. The van der Waals surface area contributed by atoms with Gasteiger partial charge < -0.3 is 14.6 Å². The summed E-state index contributed by atoms with van der Waals surface area (Å²) in [6.07, 6.45) is 1.88. The van der Waals surface area contributed by atoms with E-state index in [-0.39, 0.29) is 12.0 Å². The molecule has 0 aliphatic heterocycles. The lowest BCUT2D eigenvalue weighted by Crippen LogP contribution is -2.22. The van der Waals surface area contributed by atoms with Crippen molar-refractivity contribution in [3.63, 3.8) is 0 Å². The maximum absolute atomic E-state index is 12.1. The Morgan fingerprint density at radius 1 is 1.25 bits per heavy atom. The molecule has 3 rings (SSSR count). The zero-order chi connectivity index (χ0) is 19.8. The molecule has 0 unspecified atom stereocenters. The van der Waals surface area contributed by atoms with Gasteiger partial charge in [0, 0.05) is 19.4 Å². The molecule has 0 spiro atoms. The van der Waals surface area contributed by atoms with Gasteiger partial charge in [-0.05, 0) is 42.8 Å². The first kappa shape index (κ1) is 20.2. The van der Waals surface area contributed by atoms with Crippen molar-refractivity contribution in [2.75, 3.05) is 0 Å². The number of ether oxygens (including phenoxy) is 1. The average molecular weight is 400 g/mol. The molecule has 0 saturated heterocycles. The predicted octanol–water partition coefficient (Wildman–Crippen LogP) is 4.36. The number of thiophene rings is 1. The van der Waals surface area contributed by atoms with Crippen molar-refractivity contribution in [3.05, 3.63) is 58.8 Å². The Morgan fingerprint density at radius 2 is 2.11 bits per heavy atom. The second kappa shape index (κ2) is 10.1. The second-order valence-corrected chi connectivity index (χ2v) is 7.75. The minimum Gasteiger partial charge on any atom is -0.374 e. The van der Waals surface area contributed by atoms with Crippen molar-refractivity contribution in [2.45, 2.75) is 52.4 Å². The van der Waals surface area contributed by atoms with E-state index in [9.17, 15) is 4.79 Å². The van der Waals surface area contributed by atoms with E-state index in [2.05, 4.69) is 21.5 Å². The molecule has 1 amide bonds. The van der Waals surface area contributed by atoms with Crippen LogP contribution in [0.3, 0.4) is 0 Å². The van der Waals surface area contributed by atoms with Crippen molar-refractivity contribution in [3.8, 4) is 10.7 Å². The van der Waals surface area contributed by atoms with Gasteiger partial charge in [0.15, 0.2) is 0 Å². The largest absolute Gasteiger partial charge is 0.374 e. The number of aromatic nitrogens is 2. The van der Waals surface area contributed by atoms with Crippen LogP contribution in [0.2, 0.25) is 0 Å². The van der Waals surface area contributed by atoms with Crippen LogP contribution in [0, 0.1) is 0 Å². The molecule has 148 valence electrons. The van der Waals surface area contributed by atoms with Crippen LogP contribution in [0.4, 0.5) is 0 Å². The van der Waals surface area contributed by atoms with Crippen LogP contribution >= 0.6 is 11.3 Å². The Morgan fingerprint density at radius 3 is 2.89 bits per heavy atom. The smallest absolute Gasteiger partial charge is 0.226 e. The molecule has 6 nitrogen and oxygen atoms in total. The highest BCUT2D eigenvalue weighted by atomic mass is 32.1. The highest BCUT2D eigenvalue weighted by Gasteiger charge is 2.10. The van der Waals surface area contributed by atoms with E-state index in [0.717, 1.165) is 16.0 Å². The van der Waals surface area contributed by atoms with Gasteiger partial charge in [0.25, 0.3) is 0 Å². The van der Waals surface area contributed by atoms with E-state index >= 15 is 0 Å². The van der Waals surface area contributed by atoms with Crippen LogP contribution in [0.1, 0.15) is 43.7 Å². The van der Waals surface area contributed by atoms with Crippen LogP contribution in [0.5, 0.6) is 0 Å². The summed E-state index contributed by atoms with van der Waals surface area (Å²) in [5.41, 5.74) is 2.18. The summed E-state index contributed by atoms with van der Waals surface area (Å²) in [6, 6.07) is 12.0. The van der Waals surface area contributed by atoms with Gasteiger partial charge in [0.05, 0.1) is 17.6 Å². The average Bonchev–Trinajstić information content (AvgIpc) is 3.37. The number of nitrogens with one attached hydrogen (secondary N) is 1. The second-order valence-electron chi connectivity index (χ2n) is 6.80. The number of carbonyl (C=O) groups is 1. The molecule has 0 bridgehead atoms. The summed E-state index contributed by atoms with van der Waals surface area (Å²) < 4.78 is 10.9. The quantitative estimate of drug-likeness (QED) is 0.548. The molecular weight excluding hydrogens is 374 g/mol. The molecule has 0 aliphatic rings. The summed E-state index contributed by atoms with van der Waals surface area (Å²) in [4.78, 5) is 17.4. The molecule has 0 fully saturated rings. The van der Waals surface area contributed by atoms with Crippen LogP contribution in [-0.2, 0) is 29.1 Å². The number of amides is 1. The van der Waals surface area contributed by atoms with E-state index in [1.54, 1.807) is 11.3 Å². The lowest BCUT2D eigenvalue weighted by molar-refractivity contribution is -0.121. The molecule has 7 heteroatoms. The van der Waals surface area contributed by atoms with Crippen LogP contribution < -0.4 is 5.32 Å². The van der Waals surface area contributed by atoms with Gasteiger partial charge in [-0.2, -0.15) is 4.98 Å². The topological polar surface area (TPSA) is 77.2 Å². The van der Waals surface area contributed by atoms with Gasteiger partial charge in [-0.3, -0.25) is 4.79 Å². The van der Waals surface area contributed by atoms with Gasteiger partial charge in [-0.25, -0.2) is 0 Å². The number of aryl methyl sites for hydroxylation is 1. The molecule has 2 heterocycles. The monoisotopic (exact) mass is 399 g/mol. The molecule has 0 atom stereocenters. The number of rotatable bonds is 10. The van der Waals surface area contributed by atoms with Crippen molar-refractivity contribution in [2.24, 2.45) is 0 Å². The highest BCUT2D eigenvalue weighted by molar-refractivity contribution is 7.13. The van der Waals surface area contributed by atoms with E-state index in [4.69, 9.17) is 9.26 Å². The third kappa shape index (κ3) is 6.28. The molecule has 28 heavy (non-hydrogen) atoms. The number of benzene rings is 1. The number of hydrogen-bond acceptors (Lipinski definition) is 6. The Kier molecular flexibility index (Phi) is 7.33. The van der Waals surface area contributed by atoms with E-state index in [1.807, 2.05) is 49.6 Å². The van der Waals surface area contributed by atoms with Crippen LogP contribution in [0.15, 0.2) is 46.3 Å².